The Morgan fingerprint density at radius 3 is 2.62 bits per heavy atom. The molecule has 7 heteroatoms. The first-order valence-corrected chi connectivity index (χ1v) is 12.2. The molecule has 0 saturated heterocycles. The number of benzene rings is 3. The second-order valence-electron chi connectivity index (χ2n) is 9.08. The van der Waals surface area contributed by atoms with Crippen molar-refractivity contribution in [1.29, 1.82) is 5.26 Å². The van der Waals surface area contributed by atoms with Gasteiger partial charge in [-0.2, -0.15) is 5.26 Å². The molecule has 0 unspecified atom stereocenters. The maximum atomic E-state index is 11.9. The molecule has 0 aliphatic rings. The number of aromatic nitrogens is 2. The third-order valence-electron chi connectivity index (χ3n) is 6.58. The van der Waals surface area contributed by atoms with E-state index in [0.717, 1.165) is 59.6 Å². The topological polar surface area (TPSA) is 97.2 Å². The van der Waals surface area contributed by atoms with Crippen LogP contribution >= 0.6 is 0 Å². The Morgan fingerprint density at radius 1 is 1.14 bits per heavy atom. The van der Waals surface area contributed by atoms with Gasteiger partial charge in [0.15, 0.2) is 0 Å². The van der Waals surface area contributed by atoms with Crippen molar-refractivity contribution in [2.75, 3.05) is 18.6 Å². The van der Waals surface area contributed by atoms with E-state index in [2.05, 4.69) is 22.0 Å². The minimum Gasteiger partial charge on any atom is -0.496 e. The number of methoxy groups -OCH3 is 1. The average Bonchev–Trinajstić information content (AvgIpc) is 3.31. The normalized spacial score (nSPS) is 10.6. The number of nitrogens with two attached hydrogens (primary N) is 1. The van der Waals surface area contributed by atoms with Gasteiger partial charge in [-0.3, -0.25) is 4.79 Å². The van der Waals surface area contributed by atoms with Crippen LogP contribution in [0.3, 0.4) is 0 Å². The average molecular weight is 494 g/mol. The summed E-state index contributed by atoms with van der Waals surface area (Å²) in [5.74, 6) is 0.245. The fourth-order valence-corrected chi connectivity index (χ4v) is 4.62. The maximum absolute atomic E-state index is 11.9. The van der Waals surface area contributed by atoms with Crippen LogP contribution in [0.2, 0.25) is 0 Å². The molecule has 188 valence electrons. The summed E-state index contributed by atoms with van der Waals surface area (Å²) in [7, 11) is 3.63. The summed E-state index contributed by atoms with van der Waals surface area (Å²) in [6.45, 7) is 3.59. The van der Waals surface area contributed by atoms with Crippen LogP contribution in [0.4, 0.5) is 5.69 Å². The Labute approximate surface area is 217 Å². The number of ether oxygens (including phenoxy) is 1. The lowest BCUT2D eigenvalue weighted by Gasteiger charge is -2.27. The SMILES string of the molecule is COc1cc(CCCN(Cc2cncn2C)c2ccc(C#N)cc2C)ccc1-c1ccccc1C(N)=O. The molecule has 0 aliphatic carbocycles. The molecule has 4 aromatic rings. The first-order valence-electron chi connectivity index (χ1n) is 12.2. The molecule has 0 saturated carbocycles. The summed E-state index contributed by atoms with van der Waals surface area (Å²) in [6, 6.07) is 21.4. The van der Waals surface area contributed by atoms with E-state index in [4.69, 9.17) is 10.5 Å². The highest BCUT2D eigenvalue weighted by atomic mass is 16.5. The van der Waals surface area contributed by atoms with Crippen LogP contribution < -0.4 is 15.4 Å². The first kappa shape index (κ1) is 25.5. The van der Waals surface area contributed by atoms with Crippen molar-refractivity contribution >= 4 is 11.6 Å². The Bertz CT molecular complexity index is 1450. The van der Waals surface area contributed by atoms with Gasteiger partial charge in [-0.25, -0.2) is 4.98 Å². The van der Waals surface area contributed by atoms with E-state index in [1.807, 2.05) is 73.5 Å². The monoisotopic (exact) mass is 493 g/mol. The minimum atomic E-state index is -0.465. The molecular formula is C30H31N5O2. The van der Waals surface area contributed by atoms with E-state index < -0.39 is 5.91 Å². The van der Waals surface area contributed by atoms with Crippen LogP contribution in [0.25, 0.3) is 11.1 Å². The highest BCUT2D eigenvalue weighted by Crippen LogP contribution is 2.33. The predicted molar refractivity (Wildman–Crippen MR) is 145 cm³/mol. The number of amides is 1. The Balaban J connectivity index is 1.53. The fraction of sp³-hybridized carbons (Fsp3) is 0.233. The van der Waals surface area contributed by atoms with E-state index in [9.17, 15) is 10.1 Å². The lowest BCUT2D eigenvalue weighted by molar-refractivity contribution is 0.100. The number of primary amides is 1. The van der Waals surface area contributed by atoms with E-state index in [1.54, 1.807) is 19.2 Å². The predicted octanol–water partition coefficient (Wildman–Crippen LogP) is 5.01. The molecule has 37 heavy (non-hydrogen) atoms. The van der Waals surface area contributed by atoms with Gasteiger partial charge in [-0.1, -0.05) is 30.3 Å². The summed E-state index contributed by atoms with van der Waals surface area (Å²) in [5, 5.41) is 9.27. The molecule has 0 atom stereocenters. The van der Waals surface area contributed by atoms with Crippen molar-refractivity contribution in [3.63, 3.8) is 0 Å². The lowest BCUT2D eigenvalue weighted by atomic mass is 9.96. The molecular weight excluding hydrogens is 462 g/mol. The largest absolute Gasteiger partial charge is 0.496 e. The molecule has 0 fully saturated rings. The molecule has 7 nitrogen and oxygen atoms in total. The van der Waals surface area contributed by atoms with Crippen molar-refractivity contribution in [3.8, 4) is 22.9 Å². The molecule has 2 N–H and O–H groups in total. The molecule has 0 bridgehead atoms. The van der Waals surface area contributed by atoms with Crippen LogP contribution in [0.15, 0.2) is 73.2 Å². The van der Waals surface area contributed by atoms with Crippen molar-refractivity contribution in [2.24, 2.45) is 12.8 Å². The van der Waals surface area contributed by atoms with E-state index >= 15 is 0 Å². The van der Waals surface area contributed by atoms with Gasteiger partial charge in [0, 0.05) is 36.6 Å². The number of aryl methyl sites for hydroxylation is 3. The Hall–Kier alpha value is -4.57. The van der Waals surface area contributed by atoms with Crippen molar-refractivity contribution in [1.82, 2.24) is 9.55 Å². The highest BCUT2D eigenvalue weighted by Gasteiger charge is 2.15. The maximum Gasteiger partial charge on any atom is 0.249 e. The number of anilines is 1. The van der Waals surface area contributed by atoms with Gasteiger partial charge in [0.25, 0.3) is 0 Å². The van der Waals surface area contributed by atoms with Crippen LogP contribution in [0.1, 0.15) is 39.2 Å². The number of hydrogen-bond acceptors (Lipinski definition) is 5. The van der Waals surface area contributed by atoms with Crippen molar-refractivity contribution < 1.29 is 9.53 Å². The van der Waals surface area contributed by atoms with Crippen LogP contribution in [0.5, 0.6) is 5.75 Å². The second kappa shape index (κ2) is 11.4. The van der Waals surface area contributed by atoms with Gasteiger partial charge in [0.2, 0.25) is 5.91 Å². The first-order chi connectivity index (χ1) is 17.9. The summed E-state index contributed by atoms with van der Waals surface area (Å²) >= 11 is 0. The zero-order valence-electron chi connectivity index (χ0n) is 21.4. The van der Waals surface area contributed by atoms with E-state index in [1.165, 1.54) is 0 Å². The van der Waals surface area contributed by atoms with Crippen molar-refractivity contribution in [3.05, 3.63) is 101 Å². The molecule has 0 radical (unpaired) electrons. The third kappa shape index (κ3) is 5.81. The smallest absolute Gasteiger partial charge is 0.249 e. The molecule has 0 spiro atoms. The van der Waals surface area contributed by atoms with Gasteiger partial charge >= 0.3 is 0 Å². The minimum absolute atomic E-state index is 0.465. The number of nitriles is 1. The van der Waals surface area contributed by atoms with Crippen molar-refractivity contribution in [2.45, 2.75) is 26.3 Å². The lowest BCUT2D eigenvalue weighted by Crippen LogP contribution is -2.26. The highest BCUT2D eigenvalue weighted by molar-refractivity contribution is 6.00. The summed E-state index contributed by atoms with van der Waals surface area (Å²) in [5.41, 5.74) is 12.8. The molecule has 0 aliphatic heterocycles. The van der Waals surface area contributed by atoms with Gasteiger partial charge in [0.05, 0.1) is 37.3 Å². The molecule has 1 amide bonds. The van der Waals surface area contributed by atoms with Crippen LogP contribution in [0, 0.1) is 18.3 Å². The van der Waals surface area contributed by atoms with Crippen LogP contribution in [-0.2, 0) is 20.0 Å². The van der Waals surface area contributed by atoms with Gasteiger partial charge in [-0.15, -0.1) is 0 Å². The fourth-order valence-electron chi connectivity index (χ4n) is 4.62. The van der Waals surface area contributed by atoms with E-state index in [-0.39, 0.29) is 0 Å². The van der Waals surface area contributed by atoms with Gasteiger partial charge < -0.3 is 19.9 Å². The number of carbonyl (C=O) groups is 1. The van der Waals surface area contributed by atoms with Crippen LogP contribution in [-0.4, -0.2) is 29.1 Å². The molecule has 1 heterocycles. The number of carbonyl (C=O) groups excluding carboxylic acids is 1. The number of imidazole rings is 1. The summed E-state index contributed by atoms with van der Waals surface area (Å²) < 4.78 is 7.72. The van der Waals surface area contributed by atoms with Gasteiger partial charge in [0.1, 0.15) is 5.75 Å². The Morgan fingerprint density at radius 2 is 1.95 bits per heavy atom. The standard InChI is InChI=1S/C30H31N5O2/c1-21-15-23(17-31)11-13-28(21)35(19-24-18-33-20-34(24)2)14-6-7-22-10-12-26(29(16-22)37-3)25-8-4-5-9-27(25)30(32)36/h4-5,8-13,15-16,18,20H,6-7,14,19H2,1-3H3,(H2,32,36). The zero-order chi connectivity index (χ0) is 26.4. The zero-order valence-corrected chi connectivity index (χ0v) is 21.4. The summed E-state index contributed by atoms with van der Waals surface area (Å²) in [4.78, 5) is 18.5. The van der Waals surface area contributed by atoms with Gasteiger partial charge in [-0.05, 0) is 66.8 Å². The molecule has 3 aromatic carbocycles. The molecule has 1 aromatic heterocycles. The number of hydrogen-bond donors (Lipinski definition) is 1. The third-order valence-corrected chi connectivity index (χ3v) is 6.58. The van der Waals surface area contributed by atoms with E-state index in [0.29, 0.717) is 16.9 Å². The Kier molecular flexibility index (Phi) is 7.89. The summed E-state index contributed by atoms with van der Waals surface area (Å²) in [6.07, 6.45) is 5.46. The number of nitrogens with zero attached hydrogens (tertiary/aromatic N) is 4. The molecule has 4 rings (SSSR count). The number of rotatable bonds is 10. The second-order valence-corrected chi connectivity index (χ2v) is 9.08. The quantitative estimate of drug-likeness (QED) is 0.335.